The summed E-state index contributed by atoms with van der Waals surface area (Å²) in [4.78, 5) is 0. The highest BCUT2D eigenvalue weighted by Crippen LogP contribution is 2.35. The van der Waals surface area contributed by atoms with E-state index in [9.17, 15) is 9.50 Å². The molecule has 0 saturated carbocycles. The van der Waals surface area contributed by atoms with Gasteiger partial charge in [0, 0.05) is 12.8 Å². The fourth-order valence-corrected chi connectivity index (χ4v) is 1.97. The summed E-state index contributed by atoms with van der Waals surface area (Å²) in [6, 6.07) is 0. The lowest BCUT2D eigenvalue weighted by atomic mass is 9.87. The zero-order valence-electron chi connectivity index (χ0n) is 7.93. The molecule has 2 atom stereocenters. The molecule has 3 heteroatoms. The van der Waals surface area contributed by atoms with Crippen LogP contribution in [0.1, 0.15) is 33.6 Å². The van der Waals surface area contributed by atoms with Crippen molar-refractivity contribution in [1.29, 1.82) is 0 Å². The quantitative estimate of drug-likeness (QED) is 0.658. The van der Waals surface area contributed by atoms with E-state index in [1.165, 1.54) is 0 Å². The lowest BCUT2D eigenvalue weighted by molar-refractivity contribution is -0.200. The van der Waals surface area contributed by atoms with Crippen LogP contribution in [-0.4, -0.2) is 29.1 Å². The summed E-state index contributed by atoms with van der Waals surface area (Å²) in [5, 5.41) is 9.46. The van der Waals surface area contributed by atoms with Crippen molar-refractivity contribution < 1.29 is 14.2 Å². The fraction of sp³-hybridized carbons (Fsp3) is 1.00. The van der Waals surface area contributed by atoms with Crippen LogP contribution in [0.4, 0.5) is 4.39 Å². The molecule has 1 N–H and O–H groups in total. The van der Waals surface area contributed by atoms with Crippen molar-refractivity contribution in [3.63, 3.8) is 0 Å². The Hall–Kier alpha value is -0.150. The van der Waals surface area contributed by atoms with Crippen LogP contribution < -0.4 is 0 Å². The average Bonchev–Trinajstić information content (AvgIpc) is 1.82. The van der Waals surface area contributed by atoms with Crippen LogP contribution in [0.5, 0.6) is 0 Å². The Kier molecular flexibility index (Phi) is 2.45. The molecule has 0 aromatic heterocycles. The number of hydrogen-bond donors (Lipinski definition) is 1. The van der Waals surface area contributed by atoms with E-state index in [4.69, 9.17) is 4.74 Å². The van der Waals surface area contributed by atoms with Crippen molar-refractivity contribution in [3.05, 3.63) is 0 Å². The van der Waals surface area contributed by atoms with Gasteiger partial charge in [-0.3, -0.25) is 0 Å². The summed E-state index contributed by atoms with van der Waals surface area (Å²) in [5.41, 5.74) is -1.19. The highest BCUT2D eigenvalue weighted by atomic mass is 19.1. The van der Waals surface area contributed by atoms with Crippen molar-refractivity contribution >= 4 is 0 Å². The van der Waals surface area contributed by atoms with Gasteiger partial charge >= 0.3 is 0 Å². The van der Waals surface area contributed by atoms with Crippen LogP contribution in [0.3, 0.4) is 0 Å². The molecule has 0 spiro atoms. The first-order chi connectivity index (χ1) is 5.37. The van der Waals surface area contributed by atoms with E-state index in [1.807, 2.05) is 13.8 Å². The maximum Gasteiger partial charge on any atom is 0.118 e. The molecule has 1 heterocycles. The van der Waals surface area contributed by atoms with Crippen molar-refractivity contribution in [2.45, 2.75) is 50.9 Å². The molecule has 1 aliphatic rings. The molecule has 0 radical (unpaired) electrons. The first kappa shape index (κ1) is 9.93. The molecule has 1 saturated heterocycles. The van der Waals surface area contributed by atoms with Gasteiger partial charge in [-0.2, -0.15) is 0 Å². The van der Waals surface area contributed by atoms with Gasteiger partial charge < -0.3 is 9.84 Å². The summed E-state index contributed by atoms with van der Waals surface area (Å²) < 4.78 is 18.1. The van der Waals surface area contributed by atoms with Gasteiger partial charge in [0.15, 0.2) is 0 Å². The Labute approximate surface area is 72.7 Å². The summed E-state index contributed by atoms with van der Waals surface area (Å²) in [6.45, 7) is 4.93. The van der Waals surface area contributed by atoms with Crippen molar-refractivity contribution in [3.8, 4) is 0 Å². The van der Waals surface area contributed by atoms with Gasteiger partial charge in [-0.1, -0.05) is 0 Å². The van der Waals surface area contributed by atoms with Crippen LogP contribution >= 0.6 is 0 Å². The van der Waals surface area contributed by atoms with Crippen LogP contribution in [0.15, 0.2) is 0 Å². The number of halogens is 1. The molecule has 1 aliphatic heterocycles. The molecule has 2 nitrogen and oxygen atoms in total. The molecular weight excluding hydrogens is 159 g/mol. The molecule has 0 amide bonds. The second kappa shape index (κ2) is 2.96. The van der Waals surface area contributed by atoms with Crippen molar-refractivity contribution in [1.82, 2.24) is 0 Å². The molecule has 1 fully saturated rings. The largest absolute Gasteiger partial charge is 0.393 e. The summed E-state index contributed by atoms with van der Waals surface area (Å²) in [6.07, 6.45) is 0.546. The first-order valence-electron chi connectivity index (χ1n) is 4.31. The molecule has 72 valence electrons. The summed E-state index contributed by atoms with van der Waals surface area (Å²) in [7, 11) is 0. The Morgan fingerprint density at radius 2 is 2.00 bits per heavy atom. The molecule has 0 aromatic rings. The smallest absolute Gasteiger partial charge is 0.118 e. The second-order valence-corrected chi connectivity index (χ2v) is 4.51. The summed E-state index contributed by atoms with van der Waals surface area (Å²) >= 11 is 0. The predicted molar refractivity (Wildman–Crippen MR) is 44.8 cm³/mol. The normalized spacial score (nSPS) is 41.2. The highest BCUT2D eigenvalue weighted by molar-refractivity contribution is 4.90. The number of rotatable bonds is 1. The highest BCUT2D eigenvalue weighted by Gasteiger charge is 2.41. The van der Waals surface area contributed by atoms with E-state index in [0.29, 0.717) is 12.8 Å². The van der Waals surface area contributed by atoms with Crippen LogP contribution in [0.25, 0.3) is 0 Å². The number of aliphatic hydroxyl groups is 1. The van der Waals surface area contributed by atoms with E-state index >= 15 is 0 Å². The Bertz CT molecular complexity index is 170. The zero-order chi connectivity index (χ0) is 9.41. The first-order valence-corrected chi connectivity index (χ1v) is 4.31. The fourth-order valence-electron chi connectivity index (χ4n) is 1.97. The molecule has 1 rings (SSSR count). The van der Waals surface area contributed by atoms with Gasteiger partial charge in [0.2, 0.25) is 0 Å². The number of hydrogen-bond acceptors (Lipinski definition) is 2. The monoisotopic (exact) mass is 176 g/mol. The molecule has 0 bridgehead atoms. The summed E-state index contributed by atoms with van der Waals surface area (Å²) in [5.74, 6) is 0. The van der Waals surface area contributed by atoms with Gasteiger partial charge in [0.05, 0.1) is 17.3 Å². The Morgan fingerprint density at radius 1 is 1.42 bits per heavy atom. The maximum absolute atomic E-state index is 12.5. The minimum atomic E-state index is -0.791. The zero-order valence-corrected chi connectivity index (χ0v) is 7.93. The lowest BCUT2D eigenvalue weighted by Crippen LogP contribution is -2.50. The van der Waals surface area contributed by atoms with E-state index < -0.39 is 24.0 Å². The average molecular weight is 176 g/mol. The van der Waals surface area contributed by atoms with Gasteiger partial charge in [-0.05, 0) is 20.8 Å². The van der Waals surface area contributed by atoms with E-state index in [2.05, 4.69) is 0 Å². The van der Waals surface area contributed by atoms with Gasteiger partial charge in [0.1, 0.15) is 6.67 Å². The van der Waals surface area contributed by atoms with Crippen molar-refractivity contribution in [2.24, 2.45) is 0 Å². The lowest BCUT2D eigenvalue weighted by Gasteiger charge is -2.44. The molecule has 12 heavy (non-hydrogen) atoms. The SMILES string of the molecule is CC1(C)CC(O)CC(C)(CF)O1. The Balaban J connectivity index is 2.70. The van der Waals surface area contributed by atoms with E-state index in [1.54, 1.807) is 6.92 Å². The third-order valence-electron chi connectivity index (χ3n) is 2.20. The molecule has 2 unspecified atom stereocenters. The van der Waals surface area contributed by atoms with Gasteiger partial charge in [0.25, 0.3) is 0 Å². The van der Waals surface area contributed by atoms with Gasteiger partial charge in [-0.15, -0.1) is 0 Å². The molecule has 0 aromatic carbocycles. The standard InChI is InChI=1S/C9H17FO2/c1-8(2)4-7(11)5-9(3,6-10)12-8/h7,11H,4-6H2,1-3H3. The van der Waals surface area contributed by atoms with Gasteiger partial charge in [-0.25, -0.2) is 4.39 Å². The third-order valence-corrected chi connectivity index (χ3v) is 2.20. The Morgan fingerprint density at radius 3 is 2.42 bits per heavy atom. The number of aliphatic hydroxyl groups excluding tert-OH is 1. The van der Waals surface area contributed by atoms with Crippen LogP contribution in [-0.2, 0) is 4.74 Å². The minimum absolute atomic E-state index is 0.396. The van der Waals surface area contributed by atoms with E-state index in [-0.39, 0.29) is 0 Å². The van der Waals surface area contributed by atoms with Crippen molar-refractivity contribution in [2.75, 3.05) is 6.67 Å². The van der Waals surface area contributed by atoms with E-state index in [0.717, 1.165) is 0 Å². The molecular formula is C9H17FO2. The van der Waals surface area contributed by atoms with Crippen LogP contribution in [0.2, 0.25) is 0 Å². The predicted octanol–water partition coefficient (Wildman–Crippen LogP) is 1.66. The minimum Gasteiger partial charge on any atom is -0.393 e. The maximum atomic E-state index is 12.5. The van der Waals surface area contributed by atoms with Crippen LogP contribution in [0, 0.1) is 0 Å². The number of ether oxygens (including phenoxy) is 1. The second-order valence-electron chi connectivity index (χ2n) is 4.51. The third kappa shape index (κ3) is 2.17. The molecule has 0 aliphatic carbocycles. The number of alkyl halides is 1. The topological polar surface area (TPSA) is 29.5 Å².